The molecule has 0 aromatic heterocycles. The van der Waals surface area contributed by atoms with Gasteiger partial charge >= 0.3 is 0 Å². The van der Waals surface area contributed by atoms with Gasteiger partial charge < -0.3 is 0 Å². The van der Waals surface area contributed by atoms with E-state index in [2.05, 4.69) is 47.1 Å². The Morgan fingerprint density at radius 1 is 1.25 bits per heavy atom. The van der Waals surface area contributed by atoms with Crippen LogP contribution in [-0.2, 0) is 5.41 Å². The molecule has 1 saturated carbocycles. The number of aryl methyl sites for hydroxylation is 1. The minimum atomic E-state index is -0.245. The Kier molecular flexibility index (Phi) is 3.35. The van der Waals surface area contributed by atoms with Gasteiger partial charge in [-0.05, 0) is 37.0 Å². The van der Waals surface area contributed by atoms with Crippen LogP contribution in [0, 0.1) is 18.3 Å². The second-order valence-electron chi connectivity index (χ2n) is 4.74. The standard InChI is InChI=1S/C14H16BrN/c1-11-5-6-12(13(15)9-11)14(10-16)7-3-2-4-8-14/h5-6,9H,2-4,7-8H2,1H3. The summed E-state index contributed by atoms with van der Waals surface area (Å²) in [5, 5.41) is 9.52. The first-order valence-electron chi connectivity index (χ1n) is 5.86. The average molecular weight is 278 g/mol. The molecular weight excluding hydrogens is 262 g/mol. The highest BCUT2D eigenvalue weighted by Gasteiger charge is 2.35. The van der Waals surface area contributed by atoms with Crippen molar-refractivity contribution < 1.29 is 0 Å². The lowest BCUT2D eigenvalue weighted by Crippen LogP contribution is -2.27. The highest BCUT2D eigenvalue weighted by molar-refractivity contribution is 9.10. The van der Waals surface area contributed by atoms with Crippen LogP contribution in [0.4, 0.5) is 0 Å². The first kappa shape index (κ1) is 11.7. The molecule has 0 amide bonds. The van der Waals surface area contributed by atoms with Crippen LogP contribution in [-0.4, -0.2) is 0 Å². The van der Waals surface area contributed by atoms with Crippen molar-refractivity contribution in [2.24, 2.45) is 0 Å². The lowest BCUT2D eigenvalue weighted by atomic mass is 9.70. The predicted molar refractivity (Wildman–Crippen MR) is 69.3 cm³/mol. The van der Waals surface area contributed by atoms with Gasteiger partial charge in [-0.25, -0.2) is 0 Å². The lowest BCUT2D eigenvalue weighted by Gasteiger charge is -2.32. The molecule has 1 aromatic rings. The van der Waals surface area contributed by atoms with Crippen molar-refractivity contribution in [1.82, 2.24) is 0 Å². The van der Waals surface area contributed by atoms with Gasteiger partial charge in [0.2, 0.25) is 0 Å². The van der Waals surface area contributed by atoms with Gasteiger partial charge in [0.15, 0.2) is 0 Å². The van der Waals surface area contributed by atoms with Gasteiger partial charge in [-0.3, -0.25) is 0 Å². The summed E-state index contributed by atoms with van der Waals surface area (Å²) in [6.45, 7) is 2.08. The largest absolute Gasteiger partial charge is 0.197 e. The van der Waals surface area contributed by atoms with E-state index in [1.54, 1.807) is 0 Å². The van der Waals surface area contributed by atoms with Crippen LogP contribution < -0.4 is 0 Å². The molecule has 0 spiro atoms. The van der Waals surface area contributed by atoms with Gasteiger partial charge in [0.25, 0.3) is 0 Å². The second kappa shape index (κ2) is 4.59. The molecule has 1 aromatic carbocycles. The summed E-state index contributed by atoms with van der Waals surface area (Å²) in [7, 11) is 0. The summed E-state index contributed by atoms with van der Waals surface area (Å²) in [6.07, 6.45) is 5.63. The van der Waals surface area contributed by atoms with Crippen molar-refractivity contribution in [3.63, 3.8) is 0 Å². The Labute approximate surface area is 106 Å². The fourth-order valence-corrected chi connectivity index (χ4v) is 3.48. The Morgan fingerprint density at radius 2 is 1.94 bits per heavy atom. The van der Waals surface area contributed by atoms with Crippen molar-refractivity contribution in [1.29, 1.82) is 5.26 Å². The van der Waals surface area contributed by atoms with E-state index in [4.69, 9.17) is 0 Å². The maximum Gasteiger partial charge on any atom is 0.0833 e. The monoisotopic (exact) mass is 277 g/mol. The third-order valence-corrected chi connectivity index (χ3v) is 4.22. The van der Waals surface area contributed by atoms with Gasteiger partial charge in [-0.1, -0.05) is 47.3 Å². The molecule has 0 N–H and O–H groups in total. The van der Waals surface area contributed by atoms with Gasteiger partial charge in [-0.15, -0.1) is 0 Å². The number of rotatable bonds is 1. The molecule has 0 unspecified atom stereocenters. The Bertz CT molecular complexity index is 425. The molecule has 0 radical (unpaired) electrons. The minimum absolute atomic E-state index is 0.245. The zero-order valence-corrected chi connectivity index (χ0v) is 11.2. The normalized spacial score (nSPS) is 19.1. The molecule has 2 rings (SSSR count). The van der Waals surface area contributed by atoms with E-state index in [-0.39, 0.29) is 5.41 Å². The first-order chi connectivity index (χ1) is 7.68. The van der Waals surface area contributed by atoms with Gasteiger partial charge in [0, 0.05) is 4.47 Å². The Morgan fingerprint density at radius 3 is 2.50 bits per heavy atom. The first-order valence-corrected chi connectivity index (χ1v) is 6.65. The summed E-state index contributed by atoms with van der Waals surface area (Å²) >= 11 is 3.61. The summed E-state index contributed by atoms with van der Waals surface area (Å²) in [4.78, 5) is 0. The van der Waals surface area contributed by atoms with Crippen LogP contribution in [0.3, 0.4) is 0 Å². The quantitative estimate of drug-likeness (QED) is 0.742. The van der Waals surface area contributed by atoms with Crippen LogP contribution in [0.2, 0.25) is 0 Å². The molecule has 0 heterocycles. The van der Waals surface area contributed by atoms with Crippen molar-refractivity contribution >= 4 is 15.9 Å². The number of halogens is 1. The molecule has 2 heteroatoms. The number of nitrogens with zero attached hydrogens (tertiary/aromatic N) is 1. The maximum atomic E-state index is 9.52. The minimum Gasteiger partial charge on any atom is -0.197 e. The van der Waals surface area contributed by atoms with Crippen molar-refractivity contribution in [2.45, 2.75) is 44.4 Å². The van der Waals surface area contributed by atoms with Crippen LogP contribution in [0.25, 0.3) is 0 Å². The highest BCUT2D eigenvalue weighted by Crippen LogP contribution is 2.42. The third kappa shape index (κ3) is 2.01. The summed E-state index contributed by atoms with van der Waals surface area (Å²) in [5.41, 5.74) is 2.17. The van der Waals surface area contributed by atoms with E-state index in [0.29, 0.717) is 0 Å². The molecule has 84 valence electrons. The van der Waals surface area contributed by atoms with Crippen molar-refractivity contribution in [3.8, 4) is 6.07 Å². The summed E-state index contributed by atoms with van der Waals surface area (Å²) < 4.78 is 1.09. The van der Waals surface area contributed by atoms with Crippen LogP contribution in [0.15, 0.2) is 22.7 Å². The molecular formula is C14H16BrN. The zero-order chi connectivity index (χ0) is 11.6. The SMILES string of the molecule is Cc1ccc(C2(C#N)CCCCC2)c(Br)c1. The fourth-order valence-electron chi connectivity index (χ4n) is 2.60. The zero-order valence-electron chi connectivity index (χ0n) is 9.59. The van der Waals surface area contributed by atoms with Crippen LogP contribution >= 0.6 is 15.9 Å². The van der Waals surface area contributed by atoms with Gasteiger partial charge in [0.1, 0.15) is 0 Å². The smallest absolute Gasteiger partial charge is 0.0833 e. The van der Waals surface area contributed by atoms with E-state index in [1.165, 1.54) is 30.4 Å². The molecule has 16 heavy (non-hydrogen) atoms. The Balaban J connectivity index is 2.44. The maximum absolute atomic E-state index is 9.52. The van der Waals surface area contributed by atoms with Gasteiger partial charge in [-0.2, -0.15) is 5.26 Å². The third-order valence-electron chi connectivity index (χ3n) is 3.56. The molecule has 0 atom stereocenters. The van der Waals surface area contributed by atoms with Crippen LogP contribution in [0.5, 0.6) is 0 Å². The van der Waals surface area contributed by atoms with E-state index < -0.39 is 0 Å². The number of nitriles is 1. The van der Waals surface area contributed by atoms with Crippen molar-refractivity contribution in [2.75, 3.05) is 0 Å². The number of benzene rings is 1. The average Bonchev–Trinajstić information content (AvgIpc) is 2.30. The lowest BCUT2D eigenvalue weighted by molar-refractivity contribution is 0.365. The van der Waals surface area contributed by atoms with Gasteiger partial charge in [0.05, 0.1) is 11.5 Å². The molecule has 1 aliphatic carbocycles. The van der Waals surface area contributed by atoms with Crippen LogP contribution in [0.1, 0.15) is 43.2 Å². The highest BCUT2D eigenvalue weighted by atomic mass is 79.9. The Hall–Kier alpha value is -0.810. The molecule has 0 bridgehead atoms. The van der Waals surface area contributed by atoms with E-state index >= 15 is 0 Å². The van der Waals surface area contributed by atoms with Crippen molar-refractivity contribution in [3.05, 3.63) is 33.8 Å². The number of hydrogen-bond donors (Lipinski definition) is 0. The summed E-state index contributed by atoms with van der Waals surface area (Å²) in [6, 6.07) is 8.90. The topological polar surface area (TPSA) is 23.8 Å². The fraction of sp³-hybridized carbons (Fsp3) is 0.500. The molecule has 1 nitrogen and oxygen atoms in total. The molecule has 0 saturated heterocycles. The van der Waals surface area contributed by atoms with E-state index in [0.717, 1.165) is 17.3 Å². The molecule has 0 aliphatic heterocycles. The number of hydrogen-bond acceptors (Lipinski definition) is 1. The predicted octanol–water partition coefficient (Wildman–Crippen LogP) is 4.48. The molecule has 1 fully saturated rings. The van der Waals surface area contributed by atoms with E-state index in [1.807, 2.05) is 0 Å². The molecule has 1 aliphatic rings. The second-order valence-corrected chi connectivity index (χ2v) is 5.59. The van der Waals surface area contributed by atoms with E-state index in [9.17, 15) is 5.26 Å². The summed E-state index contributed by atoms with van der Waals surface area (Å²) in [5.74, 6) is 0.